The fourth-order valence-electron chi connectivity index (χ4n) is 3.08. The summed E-state index contributed by atoms with van der Waals surface area (Å²) in [5.74, 6) is -1.53. The van der Waals surface area contributed by atoms with Crippen molar-refractivity contribution >= 4 is 23.8 Å². The molecule has 1 aliphatic carbocycles. The summed E-state index contributed by atoms with van der Waals surface area (Å²) in [5, 5.41) is 6.53. The molecule has 0 radical (unpaired) electrons. The molecule has 0 saturated heterocycles. The molecular formula is C19H27N3O4. The van der Waals surface area contributed by atoms with Gasteiger partial charge < -0.3 is 9.73 Å². The monoisotopic (exact) mass is 361 g/mol. The first-order valence-corrected chi connectivity index (χ1v) is 9.17. The Kier molecular flexibility index (Phi) is 7.56. The molecule has 1 saturated carbocycles. The number of ketones is 1. The van der Waals surface area contributed by atoms with E-state index in [2.05, 4.69) is 15.8 Å². The van der Waals surface area contributed by atoms with Crippen molar-refractivity contribution in [2.45, 2.75) is 58.4 Å². The second kappa shape index (κ2) is 9.89. The minimum atomic E-state index is -0.834. The lowest BCUT2D eigenvalue weighted by atomic mass is 9.88. The van der Waals surface area contributed by atoms with Crippen LogP contribution >= 0.6 is 0 Å². The van der Waals surface area contributed by atoms with Gasteiger partial charge in [-0.05, 0) is 31.2 Å². The second-order valence-electron chi connectivity index (χ2n) is 7.15. The van der Waals surface area contributed by atoms with Crippen LogP contribution in [0.25, 0.3) is 0 Å². The number of hydrogen-bond acceptors (Lipinski definition) is 5. The average Bonchev–Trinajstić information content (AvgIpc) is 3.14. The van der Waals surface area contributed by atoms with E-state index in [1.165, 1.54) is 18.7 Å². The van der Waals surface area contributed by atoms with Gasteiger partial charge in [-0.2, -0.15) is 5.10 Å². The quantitative estimate of drug-likeness (QED) is 0.422. The minimum absolute atomic E-state index is 0.0617. The van der Waals surface area contributed by atoms with E-state index in [9.17, 15) is 14.4 Å². The van der Waals surface area contributed by atoms with Crippen molar-refractivity contribution < 1.29 is 18.8 Å². The molecule has 142 valence electrons. The summed E-state index contributed by atoms with van der Waals surface area (Å²) < 4.78 is 4.88. The van der Waals surface area contributed by atoms with Gasteiger partial charge in [0.15, 0.2) is 0 Å². The van der Waals surface area contributed by atoms with E-state index in [1.807, 2.05) is 13.8 Å². The van der Waals surface area contributed by atoms with E-state index >= 15 is 0 Å². The summed E-state index contributed by atoms with van der Waals surface area (Å²) in [4.78, 5) is 37.0. The van der Waals surface area contributed by atoms with E-state index in [0.29, 0.717) is 12.0 Å². The van der Waals surface area contributed by atoms with Gasteiger partial charge in [0.1, 0.15) is 0 Å². The molecule has 1 heterocycles. The van der Waals surface area contributed by atoms with E-state index in [1.54, 1.807) is 6.07 Å². The van der Waals surface area contributed by atoms with Gasteiger partial charge in [0.05, 0.1) is 24.8 Å². The molecule has 0 aliphatic heterocycles. The molecule has 0 unspecified atom stereocenters. The lowest BCUT2D eigenvalue weighted by Gasteiger charge is -2.24. The van der Waals surface area contributed by atoms with Crippen molar-refractivity contribution in [1.29, 1.82) is 0 Å². The molecular weight excluding hydrogens is 334 g/mol. The molecule has 0 aromatic carbocycles. The molecule has 1 aliphatic rings. The van der Waals surface area contributed by atoms with Crippen molar-refractivity contribution in [2.24, 2.45) is 16.9 Å². The zero-order valence-corrected chi connectivity index (χ0v) is 15.4. The van der Waals surface area contributed by atoms with Crippen molar-refractivity contribution in [1.82, 2.24) is 10.7 Å². The maximum Gasteiger partial charge on any atom is 0.309 e. The number of nitrogens with one attached hydrogen (secondary N) is 2. The molecule has 1 aromatic heterocycles. The van der Waals surface area contributed by atoms with Gasteiger partial charge in [-0.25, -0.2) is 5.43 Å². The topological polar surface area (TPSA) is 101 Å². The first-order chi connectivity index (χ1) is 12.5. The molecule has 0 bridgehead atoms. The Bertz CT molecular complexity index is 631. The molecule has 1 atom stereocenters. The Morgan fingerprint density at radius 1 is 1.27 bits per heavy atom. The highest BCUT2D eigenvalue weighted by Crippen LogP contribution is 2.24. The summed E-state index contributed by atoms with van der Waals surface area (Å²) >= 11 is 0. The van der Waals surface area contributed by atoms with E-state index in [0.717, 1.165) is 32.1 Å². The highest BCUT2D eigenvalue weighted by atomic mass is 16.3. The minimum Gasteiger partial charge on any atom is -0.472 e. The van der Waals surface area contributed by atoms with Crippen LogP contribution in [0.5, 0.6) is 0 Å². The average molecular weight is 361 g/mol. The fraction of sp³-hybridized carbons (Fsp3) is 0.579. The Balaban J connectivity index is 1.93. The number of Topliss-reactive ketones (excluding diaryl/α,β-unsaturated/α-hetero) is 1. The van der Waals surface area contributed by atoms with Crippen molar-refractivity contribution in [3.05, 3.63) is 24.2 Å². The SMILES string of the molecule is CC(C)C[C@H](NC(=O)C1CCCCC1)C(=O)C(=O)NN=Cc1ccoc1. The molecule has 26 heavy (non-hydrogen) atoms. The predicted molar refractivity (Wildman–Crippen MR) is 97.4 cm³/mol. The van der Waals surface area contributed by atoms with Gasteiger partial charge >= 0.3 is 5.91 Å². The maximum atomic E-state index is 12.5. The van der Waals surface area contributed by atoms with Gasteiger partial charge in [-0.1, -0.05) is 33.1 Å². The maximum absolute atomic E-state index is 12.5. The number of carbonyl (C=O) groups excluding carboxylic acids is 3. The second-order valence-corrected chi connectivity index (χ2v) is 7.15. The Hall–Kier alpha value is -2.44. The first-order valence-electron chi connectivity index (χ1n) is 9.17. The van der Waals surface area contributed by atoms with Crippen molar-refractivity contribution in [3.8, 4) is 0 Å². The van der Waals surface area contributed by atoms with Crippen LogP contribution in [0.15, 0.2) is 28.1 Å². The number of hydrazone groups is 1. The van der Waals surface area contributed by atoms with Crippen LogP contribution in [0.3, 0.4) is 0 Å². The number of furan rings is 1. The van der Waals surface area contributed by atoms with E-state index in [-0.39, 0.29) is 17.7 Å². The number of rotatable bonds is 8. The lowest BCUT2D eigenvalue weighted by Crippen LogP contribution is -2.49. The van der Waals surface area contributed by atoms with Gasteiger partial charge in [-0.3, -0.25) is 14.4 Å². The molecule has 2 amide bonds. The first kappa shape index (κ1) is 19.9. The Morgan fingerprint density at radius 3 is 2.62 bits per heavy atom. The van der Waals surface area contributed by atoms with Crippen LogP contribution in [0.1, 0.15) is 57.9 Å². The van der Waals surface area contributed by atoms with Crippen LogP contribution in [0.4, 0.5) is 0 Å². The molecule has 7 nitrogen and oxygen atoms in total. The normalized spacial score (nSPS) is 16.6. The number of hydrogen-bond donors (Lipinski definition) is 2. The van der Waals surface area contributed by atoms with Gasteiger partial charge in [0.2, 0.25) is 11.7 Å². The molecule has 2 N–H and O–H groups in total. The van der Waals surface area contributed by atoms with Gasteiger partial charge in [-0.15, -0.1) is 0 Å². The third kappa shape index (κ3) is 6.13. The van der Waals surface area contributed by atoms with Crippen molar-refractivity contribution in [3.63, 3.8) is 0 Å². The smallest absolute Gasteiger partial charge is 0.309 e. The zero-order valence-electron chi connectivity index (χ0n) is 15.4. The zero-order chi connectivity index (χ0) is 18.9. The molecule has 2 rings (SSSR count). The van der Waals surface area contributed by atoms with Gasteiger partial charge in [0, 0.05) is 11.5 Å². The Labute approximate surface area is 153 Å². The van der Waals surface area contributed by atoms with E-state index in [4.69, 9.17) is 4.42 Å². The third-order valence-electron chi connectivity index (χ3n) is 4.46. The lowest BCUT2D eigenvalue weighted by molar-refractivity contribution is -0.140. The van der Waals surface area contributed by atoms with Crippen LogP contribution in [0.2, 0.25) is 0 Å². The molecule has 1 fully saturated rings. The van der Waals surface area contributed by atoms with Crippen LogP contribution in [-0.2, 0) is 14.4 Å². The standard InChI is InChI=1S/C19H27N3O4/c1-13(2)10-16(21-18(24)15-6-4-3-5-7-15)17(23)19(25)22-20-11-14-8-9-26-12-14/h8-9,11-13,15-16H,3-7,10H2,1-2H3,(H,21,24)(H,22,25)/t16-/m0/s1. The summed E-state index contributed by atoms with van der Waals surface area (Å²) in [6, 6.07) is 0.845. The molecule has 0 spiro atoms. The Morgan fingerprint density at radius 2 is 2.00 bits per heavy atom. The largest absolute Gasteiger partial charge is 0.472 e. The summed E-state index contributed by atoms with van der Waals surface area (Å²) in [5.41, 5.74) is 2.88. The summed E-state index contributed by atoms with van der Waals surface area (Å²) in [7, 11) is 0. The summed E-state index contributed by atoms with van der Waals surface area (Å²) in [6.45, 7) is 3.89. The number of nitrogens with zero attached hydrogens (tertiary/aromatic N) is 1. The highest BCUT2D eigenvalue weighted by Gasteiger charge is 2.30. The molecule has 7 heteroatoms. The highest BCUT2D eigenvalue weighted by molar-refractivity contribution is 6.38. The van der Waals surface area contributed by atoms with Crippen molar-refractivity contribution in [2.75, 3.05) is 0 Å². The molecule has 1 aromatic rings. The van der Waals surface area contributed by atoms with Gasteiger partial charge in [0.25, 0.3) is 0 Å². The van der Waals surface area contributed by atoms with Crippen LogP contribution < -0.4 is 10.7 Å². The summed E-state index contributed by atoms with van der Waals surface area (Å²) in [6.07, 6.45) is 9.63. The van der Waals surface area contributed by atoms with Crippen LogP contribution in [-0.4, -0.2) is 29.9 Å². The van der Waals surface area contributed by atoms with Crippen LogP contribution in [0, 0.1) is 11.8 Å². The third-order valence-corrected chi connectivity index (χ3v) is 4.46. The van der Waals surface area contributed by atoms with E-state index < -0.39 is 17.7 Å². The fourth-order valence-corrected chi connectivity index (χ4v) is 3.08. The predicted octanol–water partition coefficient (Wildman–Crippen LogP) is 2.41. The number of amides is 2. The number of carbonyl (C=O) groups is 3.